The van der Waals surface area contributed by atoms with E-state index in [4.69, 9.17) is 17.3 Å². The molecule has 90 valence electrons. The molecule has 0 amide bonds. The molecule has 2 N–H and O–H groups in total. The number of aromatic nitrogens is 2. The molecule has 2 aromatic rings. The lowest BCUT2D eigenvalue weighted by Gasteiger charge is -2.09. The summed E-state index contributed by atoms with van der Waals surface area (Å²) in [6.07, 6.45) is 4.12. The zero-order valence-electron chi connectivity index (χ0n) is 8.96. The first kappa shape index (κ1) is 11.9. The summed E-state index contributed by atoms with van der Waals surface area (Å²) >= 11 is 5.75. The molecule has 1 aromatic carbocycles. The Morgan fingerprint density at radius 3 is 2.65 bits per heavy atom. The average Bonchev–Trinajstić information content (AvgIpc) is 2.63. The second-order valence-corrected chi connectivity index (χ2v) is 5.98. The van der Waals surface area contributed by atoms with Crippen molar-refractivity contribution in [3.63, 3.8) is 0 Å². The summed E-state index contributed by atoms with van der Waals surface area (Å²) in [6.45, 7) is 0. The van der Waals surface area contributed by atoms with Crippen molar-refractivity contribution < 1.29 is 8.42 Å². The van der Waals surface area contributed by atoms with Gasteiger partial charge in [0, 0.05) is 12.5 Å². The van der Waals surface area contributed by atoms with Gasteiger partial charge < -0.3 is 5.73 Å². The monoisotopic (exact) mass is 271 g/mol. The SMILES string of the molecule is CS(=O)(=O)c1cccc(-n2cc(Cl)cn2)c1N. The maximum absolute atomic E-state index is 11.5. The number of sulfone groups is 1. The predicted molar refractivity (Wildman–Crippen MR) is 66.1 cm³/mol. The highest BCUT2D eigenvalue weighted by Crippen LogP contribution is 2.25. The molecular formula is C10H10ClN3O2S. The minimum atomic E-state index is -3.36. The molecule has 2 rings (SSSR count). The van der Waals surface area contributed by atoms with Crippen molar-refractivity contribution in [3.05, 3.63) is 35.6 Å². The summed E-state index contributed by atoms with van der Waals surface area (Å²) in [5.74, 6) is 0. The number of benzene rings is 1. The highest BCUT2D eigenvalue weighted by molar-refractivity contribution is 7.90. The van der Waals surface area contributed by atoms with E-state index in [1.54, 1.807) is 18.3 Å². The van der Waals surface area contributed by atoms with Gasteiger partial charge in [-0.05, 0) is 12.1 Å². The van der Waals surface area contributed by atoms with Crippen LogP contribution in [0.25, 0.3) is 5.69 Å². The molecule has 0 bridgehead atoms. The van der Waals surface area contributed by atoms with Crippen molar-refractivity contribution in [3.8, 4) is 5.69 Å². The summed E-state index contributed by atoms with van der Waals surface area (Å²) in [7, 11) is -3.36. The topological polar surface area (TPSA) is 78.0 Å². The molecule has 5 nitrogen and oxygen atoms in total. The molecule has 0 radical (unpaired) electrons. The number of hydrogen-bond acceptors (Lipinski definition) is 4. The van der Waals surface area contributed by atoms with Gasteiger partial charge in [-0.1, -0.05) is 17.7 Å². The summed E-state index contributed by atoms with van der Waals surface area (Å²) in [5, 5.41) is 4.43. The van der Waals surface area contributed by atoms with Crippen molar-refractivity contribution >= 4 is 27.1 Å². The molecule has 1 aromatic heterocycles. The van der Waals surface area contributed by atoms with Crippen LogP contribution >= 0.6 is 11.6 Å². The van der Waals surface area contributed by atoms with Crippen molar-refractivity contribution in [2.75, 3.05) is 12.0 Å². The molecule has 0 atom stereocenters. The molecule has 0 spiro atoms. The first-order chi connectivity index (χ1) is 7.89. The van der Waals surface area contributed by atoms with Crippen molar-refractivity contribution in [1.82, 2.24) is 9.78 Å². The molecule has 0 unspecified atom stereocenters. The molecule has 0 aliphatic carbocycles. The van der Waals surface area contributed by atoms with E-state index in [-0.39, 0.29) is 10.6 Å². The summed E-state index contributed by atoms with van der Waals surface area (Å²) in [6, 6.07) is 4.74. The summed E-state index contributed by atoms with van der Waals surface area (Å²) in [4.78, 5) is 0.0848. The van der Waals surface area contributed by atoms with Crippen LogP contribution < -0.4 is 5.73 Å². The minimum Gasteiger partial charge on any atom is -0.396 e. The second-order valence-electron chi connectivity index (χ2n) is 3.56. The first-order valence-electron chi connectivity index (χ1n) is 4.68. The van der Waals surface area contributed by atoms with Gasteiger partial charge in [0.25, 0.3) is 0 Å². The highest BCUT2D eigenvalue weighted by Gasteiger charge is 2.15. The number of para-hydroxylation sites is 1. The number of hydrogen-bond donors (Lipinski definition) is 1. The number of anilines is 1. The van der Waals surface area contributed by atoms with Gasteiger partial charge >= 0.3 is 0 Å². The maximum atomic E-state index is 11.5. The van der Waals surface area contributed by atoms with E-state index < -0.39 is 9.84 Å². The van der Waals surface area contributed by atoms with Crippen LogP contribution in [0, 0.1) is 0 Å². The number of rotatable bonds is 2. The lowest BCUT2D eigenvalue weighted by atomic mass is 10.3. The standard InChI is InChI=1S/C10H10ClN3O2S/c1-17(15,16)9-4-2-3-8(10(9)12)14-6-7(11)5-13-14/h2-6H,12H2,1H3. The van der Waals surface area contributed by atoms with Crippen LogP contribution in [0.4, 0.5) is 5.69 Å². The fraction of sp³-hybridized carbons (Fsp3) is 0.100. The molecule has 0 saturated carbocycles. The van der Waals surface area contributed by atoms with Gasteiger partial charge in [-0.2, -0.15) is 5.10 Å². The van der Waals surface area contributed by atoms with E-state index in [0.29, 0.717) is 10.7 Å². The van der Waals surface area contributed by atoms with Crippen molar-refractivity contribution in [2.45, 2.75) is 4.90 Å². The van der Waals surface area contributed by atoms with E-state index in [1.807, 2.05) is 0 Å². The minimum absolute atomic E-state index is 0.0848. The van der Waals surface area contributed by atoms with Crippen molar-refractivity contribution in [1.29, 1.82) is 0 Å². The molecule has 0 aliphatic heterocycles. The maximum Gasteiger partial charge on any atom is 0.177 e. The third-order valence-corrected chi connectivity index (χ3v) is 3.59. The Morgan fingerprint density at radius 2 is 2.12 bits per heavy atom. The smallest absolute Gasteiger partial charge is 0.177 e. The fourth-order valence-electron chi connectivity index (χ4n) is 1.49. The normalized spacial score (nSPS) is 11.6. The van der Waals surface area contributed by atoms with Crippen LogP contribution in [-0.2, 0) is 9.84 Å². The van der Waals surface area contributed by atoms with Gasteiger partial charge in [-0.3, -0.25) is 0 Å². The zero-order valence-corrected chi connectivity index (χ0v) is 10.5. The van der Waals surface area contributed by atoms with Gasteiger partial charge in [0.2, 0.25) is 0 Å². The van der Waals surface area contributed by atoms with E-state index in [9.17, 15) is 8.42 Å². The molecule has 0 fully saturated rings. The molecule has 0 saturated heterocycles. The van der Waals surface area contributed by atoms with E-state index in [1.165, 1.54) is 16.9 Å². The number of nitrogen functional groups attached to an aromatic ring is 1. The lowest BCUT2D eigenvalue weighted by Crippen LogP contribution is -2.07. The molecule has 17 heavy (non-hydrogen) atoms. The third-order valence-electron chi connectivity index (χ3n) is 2.24. The molecule has 7 heteroatoms. The highest BCUT2D eigenvalue weighted by atomic mass is 35.5. The molecule has 0 aliphatic rings. The molecule has 1 heterocycles. The predicted octanol–water partition coefficient (Wildman–Crippen LogP) is 1.51. The van der Waals surface area contributed by atoms with Gasteiger partial charge in [0.05, 0.1) is 27.5 Å². The largest absolute Gasteiger partial charge is 0.396 e. The van der Waals surface area contributed by atoms with Crippen LogP contribution in [0.5, 0.6) is 0 Å². The first-order valence-corrected chi connectivity index (χ1v) is 6.95. The lowest BCUT2D eigenvalue weighted by molar-refractivity contribution is 0.602. The Morgan fingerprint density at radius 1 is 1.41 bits per heavy atom. The van der Waals surface area contributed by atoms with E-state index >= 15 is 0 Å². The Labute approximate surface area is 104 Å². The van der Waals surface area contributed by atoms with Gasteiger partial charge in [0.1, 0.15) is 0 Å². The Hall–Kier alpha value is -1.53. The van der Waals surface area contributed by atoms with Gasteiger partial charge in [0.15, 0.2) is 9.84 Å². The quantitative estimate of drug-likeness (QED) is 0.840. The van der Waals surface area contributed by atoms with Crippen LogP contribution in [0.15, 0.2) is 35.5 Å². The van der Waals surface area contributed by atoms with Gasteiger partial charge in [-0.15, -0.1) is 0 Å². The zero-order chi connectivity index (χ0) is 12.6. The Bertz CT molecular complexity index is 664. The number of nitrogens with zero attached hydrogens (tertiary/aromatic N) is 2. The average molecular weight is 272 g/mol. The van der Waals surface area contributed by atoms with Crippen LogP contribution in [0.3, 0.4) is 0 Å². The van der Waals surface area contributed by atoms with E-state index in [0.717, 1.165) is 6.26 Å². The van der Waals surface area contributed by atoms with Crippen LogP contribution in [-0.4, -0.2) is 24.5 Å². The Balaban J connectivity index is 2.65. The van der Waals surface area contributed by atoms with Crippen molar-refractivity contribution in [2.24, 2.45) is 0 Å². The van der Waals surface area contributed by atoms with Gasteiger partial charge in [-0.25, -0.2) is 13.1 Å². The van der Waals surface area contributed by atoms with Crippen LogP contribution in [0.1, 0.15) is 0 Å². The second kappa shape index (κ2) is 4.05. The summed E-state index contributed by atoms with van der Waals surface area (Å²) < 4.78 is 24.5. The fourth-order valence-corrected chi connectivity index (χ4v) is 2.45. The summed E-state index contributed by atoms with van der Waals surface area (Å²) in [5.41, 5.74) is 6.48. The van der Waals surface area contributed by atoms with Crippen LogP contribution in [0.2, 0.25) is 5.02 Å². The third kappa shape index (κ3) is 2.27. The van der Waals surface area contributed by atoms with E-state index in [2.05, 4.69) is 5.10 Å². The molecular weight excluding hydrogens is 262 g/mol. The number of nitrogens with two attached hydrogens (primary N) is 1. The number of halogens is 1. The Kier molecular flexibility index (Phi) is 2.84.